The second-order valence-electron chi connectivity index (χ2n) is 5.73. The van der Waals surface area contributed by atoms with Crippen molar-refractivity contribution >= 4 is 0 Å². The number of aryl methyl sites for hydroxylation is 1. The summed E-state index contributed by atoms with van der Waals surface area (Å²) in [4.78, 5) is 0. The molecule has 0 aromatic heterocycles. The van der Waals surface area contributed by atoms with E-state index in [0.29, 0.717) is 6.04 Å². The number of nitrogens with one attached hydrogen (secondary N) is 1. The Balaban J connectivity index is 1.79. The average molecular weight is 281 g/mol. The van der Waals surface area contributed by atoms with Crippen molar-refractivity contribution in [3.63, 3.8) is 0 Å². The lowest BCUT2D eigenvalue weighted by Gasteiger charge is -2.20. The maximum Gasteiger partial charge on any atom is 0.119 e. The first kappa shape index (κ1) is 14.2. The molecule has 0 heterocycles. The molecule has 1 N–H and O–H groups in total. The van der Waals surface area contributed by atoms with Crippen LogP contribution in [-0.4, -0.2) is 7.11 Å². The van der Waals surface area contributed by atoms with Crippen molar-refractivity contribution in [2.75, 3.05) is 7.11 Å². The van der Waals surface area contributed by atoms with Gasteiger partial charge in [-0.15, -0.1) is 0 Å². The molecular formula is C19H23NO. The van der Waals surface area contributed by atoms with Crippen molar-refractivity contribution in [3.8, 4) is 5.75 Å². The second-order valence-corrected chi connectivity index (χ2v) is 5.73. The third-order valence-corrected chi connectivity index (χ3v) is 4.31. The predicted octanol–water partition coefficient (Wildman–Crippen LogP) is 4.25. The molecule has 0 saturated heterocycles. The highest BCUT2D eigenvalue weighted by atomic mass is 16.5. The van der Waals surface area contributed by atoms with Gasteiger partial charge in [-0.25, -0.2) is 0 Å². The van der Waals surface area contributed by atoms with Crippen molar-refractivity contribution in [2.24, 2.45) is 0 Å². The Kier molecular flexibility index (Phi) is 4.56. The summed E-state index contributed by atoms with van der Waals surface area (Å²) in [5.41, 5.74) is 4.23. The molecule has 110 valence electrons. The van der Waals surface area contributed by atoms with E-state index in [9.17, 15) is 0 Å². The molecule has 3 rings (SSSR count). The van der Waals surface area contributed by atoms with Crippen LogP contribution in [0.2, 0.25) is 0 Å². The van der Waals surface area contributed by atoms with Gasteiger partial charge < -0.3 is 10.1 Å². The SMILES string of the molecule is COc1ccc2c(c1)C(NCc1ccccc1)CCCC2. The molecule has 2 nitrogen and oxygen atoms in total. The Morgan fingerprint density at radius 2 is 1.95 bits per heavy atom. The van der Waals surface area contributed by atoms with E-state index < -0.39 is 0 Å². The molecule has 0 fully saturated rings. The zero-order valence-electron chi connectivity index (χ0n) is 12.6. The monoisotopic (exact) mass is 281 g/mol. The molecule has 1 atom stereocenters. The Labute approximate surface area is 127 Å². The highest BCUT2D eigenvalue weighted by molar-refractivity contribution is 5.38. The van der Waals surface area contributed by atoms with Crippen LogP contribution in [0.5, 0.6) is 5.75 Å². The lowest BCUT2D eigenvalue weighted by atomic mass is 9.98. The molecule has 2 aromatic rings. The van der Waals surface area contributed by atoms with Crippen molar-refractivity contribution in [2.45, 2.75) is 38.3 Å². The van der Waals surface area contributed by atoms with E-state index in [1.165, 1.54) is 42.4 Å². The number of hydrogen-bond donors (Lipinski definition) is 1. The fourth-order valence-electron chi connectivity index (χ4n) is 3.12. The molecule has 21 heavy (non-hydrogen) atoms. The van der Waals surface area contributed by atoms with Crippen LogP contribution in [0.4, 0.5) is 0 Å². The van der Waals surface area contributed by atoms with E-state index in [1.54, 1.807) is 7.11 Å². The molecule has 1 aliphatic carbocycles. The number of hydrogen-bond acceptors (Lipinski definition) is 2. The third-order valence-electron chi connectivity index (χ3n) is 4.31. The summed E-state index contributed by atoms with van der Waals surface area (Å²) in [6.07, 6.45) is 4.95. The molecule has 0 radical (unpaired) electrons. The number of fused-ring (bicyclic) bond motifs is 1. The van der Waals surface area contributed by atoms with E-state index in [4.69, 9.17) is 4.74 Å². The maximum absolute atomic E-state index is 5.40. The Hall–Kier alpha value is -1.80. The Morgan fingerprint density at radius 3 is 2.76 bits per heavy atom. The van der Waals surface area contributed by atoms with Crippen molar-refractivity contribution in [1.29, 1.82) is 0 Å². The van der Waals surface area contributed by atoms with E-state index in [-0.39, 0.29) is 0 Å². The Bertz CT molecular complexity index is 579. The van der Waals surface area contributed by atoms with E-state index in [1.807, 2.05) is 0 Å². The Morgan fingerprint density at radius 1 is 1.10 bits per heavy atom. The van der Waals surface area contributed by atoms with Crippen LogP contribution in [0.25, 0.3) is 0 Å². The minimum atomic E-state index is 0.429. The summed E-state index contributed by atoms with van der Waals surface area (Å²) in [6.45, 7) is 0.919. The zero-order valence-corrected chi connectivity index (χ0v) is 12.6. The van der Waals surface area contributed by atoms with Crippen LogP contribution < -0.4 is 10.1 Å². The number of benzene rings is 2. The molecule has 0 aliphatic heterocycles. The molecule has 0 spiro atoms. The number of ether oxygens (including phenoxy) is 1. The van der Waals surface area contributed by atoms with E-state index in [2.05, 4.69) is 53.8 Å². The average Bonchev–Trinajstić information content (AvgIpc) is 2.75. The molecule has 0 amide bonds. The normalized spacial score (nSPS) is 17.9. The first-order valence-electron chi connectivity index (χ1n) is 7.81. The van der Waals surface area contributed by atoms with Crippen molar-refractivity contribution < 1.29 is 4.74 Å². The number of methoxy groups -OCH3 is 1. The maximum atomic E-state index is 5.40. The van der Waals surface area contributed by atoms with Gasteiger partial charge in [0.25, 0.3) is 0 Å². The first-order valence-corrected chi connectivity index (χ1v) is 7.81. The molecule has 0 bridgehead atoms. The fourth-order valence-corrected chi connectivity index (χ4v) is 3.12. The summed E-state index contributed by atoms with van der Waals surface area (Å²) in [5, 5.41) is 3.73. The molecular weight excluding hydrogens is 258 g/mol. The fraction of sp³-hybridized carbons (Fsp3) is 0.368. The van der Waals surface area contributed by atoms with Gasteiger partial charge in [0.15, 0.2) is 0 Å². The highest BCUT2D eigenvalue weighted by Gasteiger charge is 2.18. The predicted molar refractivity (Wildman–Crippen MR) is 86.6 cm³/mol. The summed E-state index contributed by atoms with van der Waals surface area (Å²) < 4.78 is 5.40. The minimum Gasteiger partial charge on any atom is -0.497 e. The van der Waals surface area contributed by atoms with Gasteiger partial charge in [-0.1, -0.05) is 42.8 Å². The first-order chi connectivity index (χ1) is 10.4. The van der Waals surface area contributed by atoms with E-state index in [0.717, 1.165) is 12.3 Å². The van der Waals surface area contributed by atoms with Gasteiger partial charge >= 0.3 is 0 Å². The summed E-state index contributed by atoms with van der Waals surface area (Å²) in [6, 6.07) is 17.6. The van der Waals surface area contributed by atoms with Gasteiger partial charge in [0.1, 0.15) is 5.75 Å². The van der Waals surface area contributed by atoms with Gasteiger partial charge in [-0.2, -0.15) is 0 Å². The lowest BCUT2D eigenvalue weighted by molar-refractivity contribution is 0.412. The zero-order chi connectivity index (χ0) is 14.5. The molecule has 2 heteroatoms. The lowest BCUT2D eigenvalue weighted by Crippen LogP contribution is -2.21. The van der Waals surface area contributed by atoms with Gasteiger partial charge in [0.2, 0.25) is 0 Å². The summed E-state index contributed by atoms with van der Waals surface area (Å²) >= 11 is 0. The van der Waals surface area contributed by atoms with Gasteiger partial charge in [-0.3, -0.25) is 0 Å². The minimum absolute atomic E-state index is 0.429. The molecule has 2 aromatic carbocycles. The second kappa shape index (κ2) is 6.77. The summed E-state index contributed by atoms with van der Waals surface area (Å²) in [5.74, 6) is 0.960. The quantitative estimate of drug-likeness (QED) is 0.846. The van der Waals surface area contributed by atoms with Crippen LogP contribution in [0.1, 0.15) is 42.0 Å². The third kappa shape index (κ3) is 3.45. The smallest absolute Gasteiger partial charge is 0.119 e. The number of rotatable bonds is 4. The molecule has 1 unspecified atom stereocenters. The van der Waals surface area contributed by atoms with Gasteiger partial charge in [0.05, 0.1) is 7.11 Å². The van der Waals surface area contributed by atoms with Crippen LogP contribution >= 0.6 is 0 Å². The van der Waals surface area contributed by atoms with Crippen LogP contribution in [0.3, 0.4) is 0 Å². The van der Waals surface area contributed by atoms with Crippen LogP contribution in [0.15, 0.2) is 48.5 Å². The van der Waals surface area contributed by atoms with Crippen molar-refractivity contribution in [3.05, 3.63) is 65.2 Å². The molecule has 0 saturated carbocycles. The van der Waals surface area contributed by atoms with Gasteiger partial charge in [-0.05, 0) is 48.1 Å². The highest BCUT2D eigenvalue weighted by Crippen LogP contribution is 2.31. The van der Waals surface area contributed by atoms with Crippen LogP contribution in [0, 0.1) is 0 Å². The standard InChI is InChI=1S/C19H23NO/c1-21-17-12-11-16-9-5-6-10-19(18(16)13-17)20-14-15-7-3-2-4-8-15/h2-4,7-8,11-13,19-20H,5-6,9-10,14H2,1H3. The van der Waals surface area contributed by atoms with E-state index >= 15 is 0 Å². The van der Waals surface area contributed by atoms with Crippen LogP contribution in [-0.2, 0) is 13.0 Å². The topological polar surface area (TPSA) is 21.3 Å². The van der Waals surface area contributed by atoms with Crippen molar-refractivity contribution in [1.82, 2.24) is 5.32 Å². The summed E-state index contributed by atoms with van der Waals surface area (Å²) in [7, 11) is 1.74. The molecule has 1 aliphatic rings. The van der Waals surface area contributed by atoms with Gasteiger partial charge in [0, 0.05) is 12.6 Å². The largest absolute Gasteiger partial charge is 0.497 e.